The van der Waals surface area contributed by atoms with Crippen molar-refractivity contribution < 1.29 is 0 Å². The molecule has 0 saturated carbocycles. The lowest BCUT2D eigenvalue weighted by atomic mass is 9.67. The van der Waals surface area contributed by atoms with Gasteiger partial charge in [-0.15, -0.1) is 0 Å². The summed E-state index contributed by atoms with van der Waals surface area (Å²) in [5.74, 6) is 0. The van der Waals surface area contributed by atoms with E-state index in [0.29, 0.717) is 0 Å². The fourth-order valence-corrected chi connectivity index (χ4v) is 11.4. The Hall–Kier alpha value is -7.36. The number of hydrogen-bond acceptors (Lipinski definition) is 2. The molecule has 0 bridgehead atoms. The fourth-order valence-electron chi connectivity index (χ4n) is 11.4. The molecule has 2 aliphatic rings. The highest BCUT2D eigenvalue weighted by Crippen LogP contribution is 2.61. The molecule has 3 heteroatoms. The van der Waals surface area contributed by atoms with Crippen LogP contribution >= 0.6 is 0 Å². The number of aryl methyl sites for hydroxylation is 1. The molecule has 4 aromatic heterocycles. The third-order valence-corrected chi connectivity index (χ3v) is 13.4. The van der Waals surface area contributed by atoms with Gasteiger partial charge >= 0.3 is 0 Å². The van der Waals surface area contributed by atoms with Gasteiger partial charge in [-0.2, -0.15) is 0 Å². The summed E-state index contributed by atoms with van der Waals surface area (Å²) in [7, 11) is 0. The quantitative estimate of drug-likeness (QED) is 0.180. The maximum atomic E-state index is 5.48. The number of fused-ring (bicyclic) bond motifs is 14. The summed E-state index contributed by atoms with van der Waals surface area (Å²) in [4.78, 5) is 11.0. The second kappa shape index (κ2) is 11.4. The van der Waals surface area contributed by atoms with E-state index >= 15 is 0 Å². The molecule has 0 atom stereocenters. The van der Waals surface area contributed by atoms with Crippen LogP contribution in [0.15, 0.2) is 194 Å². The topological polar surface area (TPSA) is 30.2 Å². The monoisotopic (exact) mass is 737 g/mol. The van der Waals surface area contributed by atoms with Gasteiger partial charge in [-0.05, 0) is 58.0 Å². The van der Waals surface area contributed by atoms with E-state index in [1.54, 1.807) is 0 Å². The van der Waals surface area contributed by atoms with E-state index in [4.69, 9.17) is 9.97 Å². The Balaban J connectivity index is 1.24. The minimum Gasteiger partial charge on any atom is -0.305 e. The molecule has 11 aromatic rings. The number of nitrogens with zero attached hydrogens (tertiary/aromatic N) is 3. The number of pyridine rings is 2. The van der Waals surface area contributed by atoms with E-state index in [0.717, 1.165) is 22.4 Å². The van der Waals surface area contributed by atoms with Crippen molar-refractivity contribution in [1.82, 2.24) is 14.4 Å². The van der Waals surface area contributed by atoms with E-state index in [1.165, 1.54) is 88.3 Å². The SMILES string of the molecule is Cc1cc2c3c4c(ncc3n3c5cnc6c(c5c(c1)c23)C(c1ccccc1)(c1ccccc1)c1ccccc1-6)-c1ccccc1C4(c1ccccc1)c1ccccc1. The fraction of sp³-hybridized carbons (Fsp3) is 0.0545. The van der Waals surface area contributed by atoms with Crippen molar-refractivity contribution in [3.8, 4) is 22.5 Å². The molecule has 0 radical (unpaired) electrons. The normalized spacial score (nSPS) is 14.6. The molecule has 0 saturated heterocycles. The summed E-state index contributed by atoms with van der Waals surface area (Å²) in [6.07, 6.45) is 4.27. The number of aromatic nitrogens is 3. The molecule has 0 N–H and O–H groups in total. The van der Waals surface area contributed by atoms with Crippen LogP contribution < -0.4 is 0 Å². The predicted octanol–water partition coefficient (Wildman–Crippen LogP) is 12.7. The van der Waals surface area contributed by atoms with Crippen LogP contribution in [0.4, 0.5) is 0 Å². The zero-order chi connectivity index (χ0) is 38.2. The maximum absolute atomic E-state index is 5.48. The summed E-state index contributed by atoms with van der Waals surface area (Å²) in [6.45, 7) is 2.26. The maximum Gasteiger partial charge on any atom is 0.0761 e. The average Bonchev–Trinajstić information content (AvgIpc) is 3.99. The van der Waals surface area contributed by atoms with Crippen LogP contribution in [0.25, 0.3) is 60.6 Å². The van der Waals surface area contributed by atoms with Crippen LogP contribution in [-0.2, 0) is 10.8 Å². The van der Waals surface area contributed by atoms with Gasteiger partial charge in [0.15, 0.2) is 0 Å². The molecule has 270 valence electrons. The third-order valence-electron chi connectivity index (χ3n) is 13.4. The van der Waals surface area contributed by atoms with E-state index in [2.05, 4.69) is 206 Å². The Morgan fingerprint density at radius 2 is 0.759 bits per heavy atom. The Kier molecular flexibility index (Phi) is 6.23. The lowest BCUT2D eigenvalue weighted by Gasteiger charge is -2.34. The highest BCUT2D eigenvalue weighted by Gasteiger charge is 2.51. The summed E-state index contributed by atoms with van der Waals surface area (Å²) in [5, 5.41) is 5.00. The zero-order valence-corrected chi connectivity index (χ0v) is 31.8. The Morgan fingerprint density at radius 1 is 0.414 bits per heavy atom. The van der Waals surface area contributed by atoms with Crippen LogP contribution in [0.3, 0.4) is 0 Å². The third kappa shape index (κ3) is 3.70. The van der Waals surface area contributed by atoms with E-state index in [-0.39, 0.29) is 0 Å². The Labute approximate surface area is 335 Å². The number of hydrogen-bond donors (Lipinski definition) is 0. The molecule has 7 aromatic carbocycles. The van der Waals surface area contributed by atoms with E-state index in [1.807, 2.05) is 0 Å². The van der Waals surface area contributed by atoms with Gasteiger partial charge in [-0.1, -0.05) is 170 Å². The summed E-state index contributed by atoms with van der Waals surface area (Å²) in [5.41, 5.74) is 17.9. The van der Waals surface area contributed by atoms with Crippen molar-refractivity contribution in [3.05, 3.63) is 244 Å². The van der Waals surface area contributed by atoms with E-state index < -0.39 is 10.8 Å². The van der Waals surface area contributed by atoms with Crippen molar-refractivity contribution >= 4 is 38.1 Å². The first-order valence-corrected chi connectivity index (χ1v) is 20.2. The smallest absolute Gasteiger partial charge is 0.0761 e. The van der Waals surface area contributed by atoms with Crippen molar-refractivity contribution in [2.75, 3.05) is 0 Å². The highest BCUT2D eigenvalue weighted by molar-refractivity contribution is 6.27. The summed E-state index contributed by atoms with van der Waals surface area (Å²) >= 11 is 0. The lowest BCUT2D eigenvalue weighted by Crippen LogP contribution is -2.29. The first-order chi connectivity index (χ1) is 28.7. The van der Waals surface area contributed by atoms with Crippen molar-refractivity contribution in [3.63, 3.8) is 0 Å². The molecule has 58 heavy (non-hydrogen) atoms. The number of rotatable bonds is 4. The standard InChI is InChI=1S/C55H35N3/c1-34-30-41-47-45(32-56-51-39-26-14-16-28-43(39)54(49(47)51,35-18-6-2-7-19-35)36-20-8-3-9-21-36)58-46-33-57-52-40-27-15-17-29-44(40)55(37-22-10-4-11-23-37,38-24-12-5-13-25-38)50(52)48(46)42(31-34)53(41)58/h2-33H,1H3. The van der Waals surface area contributed by atoms with Gasteiger partial charge in [0.05, 0.1) is 51.2 Å². The zero-order valence-electron chi connectivity index (χ0n) is 31.8. The molecular formula is C55H35N3. The highest BCUT2D eigenvalue weighted by atomic mass is 15.0. The van der Waals surface area contributed by atoms with Gasteiger partial charge in [0.25, 0.3) is 0 Å². The average molecular weight is 738 g/mol. The molecule has 0 fully saturated rings. The predicted molar refractivity (Wildman–Crippen MR) is 236 cm³/mol. The molecule has 0 aliphatic heterocycles. The van der Waals surface area contributed by atoms with Crippen molar-refractivity contribution in [2.45, 2.75) is 17.8 Å². The molecule has 0 spiro atoms. The van der Waals surface area contributed by atoms with E-state index in [9.17, 15) is 0 Å². The minimum absolute atomic E-state index is 0.584. The molecular weight excluding hydrogens is 703 g/mol. The Morgan fingerprint density at radius 3 is 1.14 bits per heavy atom. The van der Waals surface area contributed by atoms with Crippen molar-refractivity contribution in [2.24, 2.45) is 0 Å². The molecule has 2 aliphatic carbocycles. The molecule has 0 amide bonds. The van der Waals surface area contributed by atoms with Gasteiger partial charge < -0.3 is 4.40 Å². The molecule has 4 heterocycles. The van der Waals surface area contributed by atoms with Gasteiger partial charge in [0.1, 0.15) is 0 Å². The summed E-state index contributed by atoms with van der Waals surface area (Å²) < 4.78 is 2.49. The van der Waals surface area contributed by atoms with Gasteiger partial charge in [0.2, 0.25) is 0 Å². The minimum atomic E-state index is -0.584. The first kappa shape index (κ1) is 31.8. The van der Waals surface area contributed by atoms with Gasteiger partial charge in [-0.3, -0.25) is 9.97 Å². The van der Waals surface area contributed by atoms with Gasteiger partial charge in [0, 0.05) is 43.8 Å². The number of benzene rings is 7. The Bertz CT molecular complexity index is 3140. The lowest BCUT2D eigenvalue weighted by molar-refractivity contribution is 0.774. The molecule has 13 rings (SSSR count). The van der Waals surface area contributed by atoms with Crippen LogP contribution in [0.5, 0.6) is 0 Å². The van der Waals surface area contributed by atoms with Gasteiger partial charge in [-0.25, -0.2) is 0 Å². The van der Waals surface area contributed by atoms with Crippen LogP contribution in [-0.4, -0.2) is 14.4 Å². The largest absolute Gasteiger partial charge is 0.305 e. The van der Waals surface area contributed by atoms with Crippen molar-refractivity contribution in [1.29, 1.82) is 0 Å². The molecule has 0 unspecified atom stereocenters. The van der Waals surface area contributed by atoms with Crippen LogP contribution in [0.1, 0.15) is 50.1 Å². The van der Waals surface area contributed by atoms with Crippen LogP contribution in [0, 0.1) is 6.92 Å². The molecule has 3 nitrogen and oxygen atoms in total. The second-order valence-corrected chi connectivity index (χ2v) is 16.1. The first-order valence-electron chi connectivity index (χ1n) is 20.2. The summed E-state index contributed by atoms with van der Waals surface area (Å²) in [6, 6.07) is 66.9. The second-order valence-electron chi connectivity index (χ2n) is 16.1. The van der Waals surface area contributed by atoms with Crippen LogP contribution in [0.2, 0.25) is 0 Å².